The zero-order chi connectivity index (χ0) is 13.3. The number of hydrogen-bond acceptors (Lipinski definition) is 2. The lowest BCUT2D eigenvalue weighted by atomic mass is 10.4. The predicted octanol–water partition coefficient (Wildman–Crippen LogP) is 2.68. The van der Waals surface area contributed by atoms with Crippen LogP contribution in [0.2, 0.25) is 0 Å². The van der Waals surface area contributed by atoms with Gasteiger partial charge in [-0.05, 0) is 6.07 Å². The molecule has 3 nitrogen and oxygen atoms in total. The molecule has 0 radical (unpaired) electrons. The third kappa shape index (κ3) is 3.22. The Hall–Kier alpha value is -1.51. The first-order valence-corrected chi connectivity index (χ1v) is 4.07. The van der Waals surface area contributed by atoms with Gasteiger partial charge in [0.2, 0.25) is 0 Å². The van der Waals surface area contributed by atoms with Gasteiger partial charge in [0.25, 0.3) is 6.36 Å². The summed E-state index contributed by atoms with van der Waals surface area (Å²) in [7, 11) is 0. The number of carbonyl (C=O) groups is 1. The van der Waals surface area contributed by atoms with Crippen LogP contribution in [0.25, 0.3) is 0 Å². The van der Waals surface area contributed by atoms with E-state index in [0.717, 1.165) is 6.07 Å². The topological polar surface area (TPSA) is 31.2 Å². The fourth-order valence-electron chi connectivity index (χ4n) is 0.974. The Balaban J connectivity index is 2.89. The molecule has 9 heteroatoms. The van der Waals surface area contributed by atoms with Crippen molar-refractivity contribution in [2.24, 2.45) is 0 Å². The Morgan fingerprint density at radius 1 is 1.29 bits per heavy atom. The molecule has 17 heavy (non-hydrogen) atoms. The molecule has 1 aromatic heterocycles. The van der Waals surface area contributed by atoms with Crippen LogP contribution < -0.4 is 0 Å². The second-order valence-electron chi connectivity index (χ2n) is 2.94. The summed E-state index contributed by atoms with van der Waals surface area (Å²) in [4.78, 5) is 10.2. The van der Waals surface area contributed by atoms with Gasteiger partial charge >= 0.3 is 12.4 Å². The summed E-state index contributed by atoms with van der Waals surface area (Å²) in [6.07, 6.45) is -8.18. The van der Waals surface area contributed by atoms with Gasteiger partial charge in [-0.3, -0.25) is 9.36 Å². The molecule has 0 saturated carbocycles. The van der Waals surface area contributed by atoms with Crippen molar-refractivity contribution >= 4 is 6.29 Å². The number of hydrogen-bond donors (Lipinski definition) is 0. The van der Waals surface area contributed by atoms with Crippen LogP contribution in [-0.4, -0.2) is 23.6 Å². The van der Waals surface area contributed by atoms with Crippen LogP contribution in [0.1, 0.15) is 10.4 Å². The number of halogens is 6. The standard InChI is InChI=1S/C8H5F6NO2/c9-6(17-8(12,13)14)7(10,11)15-2-1-5(3-15)4-16/h1-4,6H. The van der Waals surface area contributed by atoms with Gasteiger partial charge in [-0.2, -0.15) is 8.78 Å². The van der Waals surface area contributed by atoms with Gasteiger partial charge in [-0.25, -0.2) is 9.13 Å². The van der Waals surface area contributed by atoms with E-state index >= 15 is 0 Å². The van der Waals surface area contributed by atoms with Crippen molar-refractivity contribution in [2.75, 3.05) is 0 Å². The van der Waals surface area contributed by atoms with Crippen LogP contribution in [0, 0.1) is 0 Å². The summed E-state index contributed by atoms with van der Waals surface area (Å²) in [5.41, 5.74) is -0.233. The molecule has 1 heterocycles. The maximum atomic E-state index is 13.1. The largest absolute Gasteiger partial charge is 0.525 e. The third-order valence-corrected chi connectivity index (χ3v) is 1.71. The van der Waals surface area contributed by atoms with Crippen LogP contribution in [0.15, 0.2) is 18.5 Å². The molecule has 0 N–H and O–H groups in total. The fraction of sp³-hybridized carbons (Fsp3) is 0.375. The van der Waals surface area contributed by atoms with Crippen molar-refractivity contribution in [2.45, 2.75) is 18.8 Å². The minimum atomic E-state index is -5.52. The molecule has 1 rings (SSSR count). The van der Waals surface area contributed by atoms with E-state index in [4.69, 9.17) is 0 Å². The Labute approximate surface area is 90.6 Å². The molecule has 0 amide bonds. The van der Waals surface area contributed by atoms with Gasteiger partial charge in [-0.1, -0.05) is 0 Å². The molecule has 0 aliphatic heterocycles. The SMILES string of the molecule is O=Cc1ccn(C(F)(F)C(F)OC(F)(F)F)c1. The second-order valence-corrected chi connectivity index (χ2v) is 2.94. The maximum absolute atomic E-state index is 13.1. The van der Waals surface area contributed by atoms with Crippen molar-refractivity contribution in [1.82, 2.24) is 4.57 Å². The second kappa shape index (κ2) is 4.40. The van der Waals surface area contributed by atoms with Gasteiger partial charge in [-0.15, -0.1) is 13.2 Å². The first kappa shape index (κ1) is 13.6. The van der Waals surface area contributed by atoms with E-state index in [2.05, 4.69) is 4.74 Å². The predicted molar refractivity (Wildman–Crippen MR) is 42.0 cm³/mol. The van der Waals surface area contributed by atoms with E-state index in [0.29, 0.717) is 12.4 Å². The van der Waals surface area contributed by atoms with Crippen molar-refractivity contribution in [3.8, 4) is 0 Å². The van der Waals surface area contributed by atoms with Crippen molar-refractivity contribution in [1.29, 1.82) is 0 Å². The number of carbonyl (C=O) groups excluding carboxylic acids is 1. The van der Waals surface area contributed by atoms with Gasteiger partial charge in [0.1, 0.15) is 0 Å². The Morgan fingerprint density at radius 3 is 2.29 bits per heavy atom. The first-order chi connectivity index (χ1) is 7.66. The van der Waals surface area contributed by atoms with Gasteiger partial charge in [0.15, 0.2) is 6.29 Å². The van der Waals surface area contributed by atoms with Crippen molar-refractivity contribution < 1.29 is 35.9 Å². The lowest BCUT2D eigenvalue weighted by Gasteiger charge is -2.22. The lowest BCUT2D eigenvalue weighted by Crippen LogP contribution is -2.38. The first-order valence-electron chi connectivity index (χ1n) is 4.07. The van der Waals surface area contributed by atoms with Crippen molar-refractivity contribution in [3.63, 3.8) is 0 Å². The highest BCUT2D eigenvalue weighted by molar-refractivity contribution is 5.74. The molecular weight excluding hydrogens is 256 g/mol. The van der Waals surface area contributed by atoms with E-state index in [1.807, 2.05) is 0 Å². The van der Waals surface area contributed by atoms with E-state index in [9.17, 15) is 31.1 Å². The summed E-state index contributed by atoms with van der Waals surface area (Å²) in [5, 5.41) is 0. The minimum Gasteiger partial charge on any atom is -0.298 e. The summed E-state index contributed by atoms with van der Waals surface area (Å²) in [5.74, 6) is 0. The van der Waals surface area contributed by atoms with Crippen LogP contribution in [0.3, 0.4) is 0 Å². The number of rotatable bonds is 4. The highest BCUT2D eigenvalue weighted by Gasteiger charge is 2.49. The maximum Gasteiger partial charge on any atom is 0.525 e. The minimum absolute atomic E-state index is 0.173. The summed E-state index contributed by atoms with van der Waals surface area (Å²) >= 11 is 0. The van der Waals surface area contributed by atoms with Crippen LogP contribution in [0.4, 0.5) is 26.3 Å². The molecular formula is C8H5F6NO2. The van der Waals surface area contributed by atoms with Crippen LogP contribution in [-0.2, 0) is 10.8 Å². The molecule has 0 saturated heterocycles. The Kier molecular flexibility index (Phi) is 3.51. The normalized spacial score (nSPS) is 14.7. The average molecular weight is 261 g/mol. The molecule has 0 bridgehead atoms. The Bertz CT molecular complexity index is 399. The van der Waals surface area contributed by atoms with E-state index in [-0.39, 0.29) is 16.4 Å². The lowest BCUT2D eigenvalue weighted by molar-refractivity contribution is -0.399. The highest BCUT2D eigenvalue weighted by atomic mass is 19.4. The summed E-state index contributed by atoms with van der Waals surface area (Å²) < 4.78 is 75.9. The van der Waals surface area contributed by atoms with Crippen LogP contribution in [0.5, 0.6) is 0 Å². The molecule has 0 fully saturated rings. The van der Waals surface area contributed by atoms with Crippen molar-refractivity contribution in [3.05, 3.63) is 24.0 Å². The van der Waals surface area contributed by atoms with E-state index in [1.165, 1.54) is 0 Å². The molecule has 1 aromatic rings. The summed E-state index contributed by atoms with van der Waals surface area (Å²) in [6, 6.07) is -3.68. The number of ether oxygens (including phenoxy) is 1. The monoisotopic (exact) mass is 261 g/mol. The average Bonchev–Trinajstić information content (AvgIpc) is 2.63. The number of nitrogens with zero attached hydrogens (tertiary/aromatic N) is 1. The van der Waals surface area contributed by atoms with E-state index < -0.39 is 18.8 Å². The van der Waals surface area contributed by atoms with E-state index in [1.54, 1.807) is 0 Å². The number of aldehydes is 1. The number of aromatic nitrogens is 1. The molecule has 1 atom stereocenters. The zero-order valence-corrected chi connectivity index (χ0v) is 7.92. The highest BCUT2D eigenvalue weighted by Crippen LogP contribution is 2.33. The molecule has 0 aliphatic carbocycles. The van der Waals surface area contributed by atoms with Gasteiger partial charge in [0.05, 0.1) is 0 Å². The quantitative estimate of drug-likeness (QED) is 0.616. The third-order valence-electron chi connectivity index (χ3n) is 1.71. The zero-order valence-electron chi connectivity index (χ0n) is 7.92. The van der Waals surface area contributed by atoms with Crippen LogP contribution >= 0.6 is 0 Å². The van der Waals surface area contributed by atoms with Gasteiger partial charge < -0.3 is 0 Å². The van der Waals surface area contributed by atoms with Gasteiger partial charge in [0, 0.05) is 18.0 Å². The fourth-order valence-corrected chi connectivity index (χ4v) is 0.974. The smallest absolute Gasteiger partial charge is 0.298 e. The molecule has 0 spiro atoms. The molecule has 1 unspecified atom stereocenters. The Morgan fingerprint density at radius 2 is 1.88 bits per heavy atom. The molecule has 0 aliphatic rings. The molecule has 0 aromatic carbocycles. The number of alkyl halides is 6. The summed E-state index contributed by atoms with van der Waals surface area (Å²) in [6.45, 7) is 0. The molecule has 96 valence electrons.